The van der Waals surface area contributed by atoms with Crippen molar-refractivity contribution >= 4 is 17.3 Å². The van der Waals surface area contributed by atoms with Crippen molar-refractivity contribution in [1.29, 1.82) is 0 Å². The number of nitrogens with one attached hydrogen (secondary N) is 1. The van der Waals surface area contributed by atoms with E-state index in [0.717, 1.165) is 5.69 Å². The normalized spacial score (nSPS) is 10.6. The molecule has 0 saturated carbocycles. The van der Waals surface area contributed by atoms with Crippen molar-refractivity contribution in [3.8, 4) is 5.69 Å². The number of hydrogen-bond donors (Lipinski definition) is 2. The first kappa shape index (κ1) is 15.6. The van der Waals surface area contributed by atoms with Gasteiger partial charge in [0.25, 0.3) is 11.5 Å². The molecule has 1 amide bonds. The van der Waals surface area contributed by atoms with Crippen LogP contribution in [0.2, 0.25) is 0 Å². The lowest BCUT2D eigenvalue weighted by molar-refractivity contribution is 0.102. The fourth-order valence-corrected chi connectivity index (χ4v) is 2.53. The Morgan fingerprint density at radius 1 is 1.04 bits per heavy atom. The van der Waals surface area contributed by atoms with E-state index in [4.69, 9.17) is 5.73 Å². The van der Waals surface area contributed by atoms with Crippen LogP contribution in [0.25, 0.3) is 5.69 Å². The highest BCUT2D eigenvalue weighted by molar-refractivity contribution is 6.04. The molecular weight excluding hydrogens is 304 g/mol. The predicted octanol–water partition coefficient (Wildman–Crippen LogP) is 2.32. The van der Waals surface area contributed by atoms with E-state index in [1.807, 2.05) is 30.3 Å². The van der Waals surface area contributed by atoms with Crippen LogP contribution in [0.5, 0.6) is 0 Å². The molecule has 0 aliphatic carbocycles. The SMILES string of the molecule is Cc1c(NC(=O)c2ccc(N)cc2)c(=O)n(-c2ccccc2)n1C. The van der Waals surface area contributed by atoms with E-state index in [2.05, 4.69) is 5.32 Å². The molecule has 1 heterocycles. The summed E-state index contributed by atoms with van der Waals surface area (Å²) in [5, 5.41) is 2.71. The van der Waals surface area contributed by atoms with E-state index >= 15 is 0 Å². The molecule has 0 radical (unpaired) electrons. The van der Waals surface area contributed by atoms with Crippen LogP contribution in [0, 0.1) is 6.92 Å². The summed E-state index contributed by atoms with van der Waals surface area (Å²) >= 11 is 0. The van der Waals surface area contributed by atoms with Crippen molar-refractivity contribution in [1.82, 2.24) is 9.36 Å². The quantitative estimate of drug-likeness (QED) is 0.726. The Hall–Kier alpha value is -3.28. The Morgan fingerprint density at radius 2 is 1.67 bits per heavy atom. The van der Waals surface area contributed by atoms with Gasteiger partial charge in [0.2, 0.25) is 0 Å². The minimum Gasteiger partial charge on any atom is -0.399 e. The molecule has 0 atom stereocenters. The molecule has 0 aliphatic rings. The van der Waals surface area contributed by atoms with Gasteiger partial charge in [-0.3, -0.25) is 14.3 Å². The van der Waals surface area contributed by atoms with Crippen molar-refractivity contribution in [2.45, 2.75) is 6.92 Å². The van der Waals surface area contributed by atoms with Gasteiger partial charge in [-0.2, -0.15) is 0 Å². The molecule has 3 N–H and O–H groups in total. The van der Waals surface area contributed by atoms with Crippen LogP contribution < -0.4 is 16.6 Å². The average Bonchev–Trinajstić information content (AvgIpc) is 2.80. The highest BCUT2D eigenvalue weighted by Crippen LogP contribution is 2.15. The fourth-order valence-electron chi connectivity index (χ4n) is 2.53. The van der Waals surface area contributed by atoms with Crippen LogP contribution in [-0.4, -0.2) is 15.3 Å². The summed E-state index contributed by atoms with van der Waals surface area (Å²) in [6.45, 7) is 1.79. The number of carbonyl (C=O) groups is 1. The molecule has 0 aliphatic heterocycles. The number of carbonyl (C=O) groups excluding carboxylic acids is 1. The summed E-state index contributed by atoms with van der Waals surface area (Å²) < 4.78 is 3.24. The van der Waals surface area contributed by atoms with Gasteiger partial charge in [-0.1, -0.05) is 18.2 Å². The molecule has 3 aromatic rings. The Labute approximate surface area is 139 Å². The molecule has 1 aromatic heterocycles. The molecule has 6 nitrogen and oxygen atoms in total. The van der Waals surface area contributed by atoms with Gasteiger partial charge in [0.15, 0.2) is 0 Å². The standard InChI is InChI=1S/C18H18N4O2/c1-12-16(20-17(23)13-8-10-14(19)11-9-13)18(24)22(21(12)2)15-6-4-3-5-7-15/h3-11H,19H2,1-2H3,(H,20,23). The lowest BCUT2D eigenvalue weighted by atomic mass is 10.2. The van der Waals surface area contributed by atoms with Crippen LogP contribution in [0.3, 0.4) is 0 Å². The number of nitrogens with zero attached hydrogens (tertiary/aromatic N) is 2. The largest absolute Gasteiger partial charge is 0.399 e. The molecule has 3 rings (SSSR count). The average molecular weight is 322 g/mol. The molecule has 0 unspecified atom stereocenters. The third kappa shape index (κ3) is 2.69. The number of amides is 1. The topological polar surface area (TPSA) is 82.1 Å². The first-order valence-electron chi connectivity index (χ1n) is 7.50. The van der Waals surface area contributed by atoms with Gasteiger partial charge in [0, 0.05) is 18.3 Å². The molecule has 6 heteroatoms. The van der Waals surface area contributed by atoms with E-state index in [1.54, 1.807) is 42.9 Å². The molecule has 2 aromatic carbocycles. The molecule has 122 valence electrons. The fraction of sp³-hybridized carbons (Fsp3) is 0.111. The minimum atomic E-state index is -0.346. The number of nitrogen functional groups attached to an aromatic ring is 1. The summed E-state index contributed by atoms with van der Waals surface area (Å²) in [4.78, 5) is 25.1. The zero-order valence-corrected chi connectivity index (χ0v) is 13.5. The van der Waals surface area contributed by atoms with E-state index < -0.39 is 0 Å². The van der Waals surface area contributed by atoms with Gasteiger partial charge < -0.3 is 11.1 Å². The second kappa shape index (κ2) is 6.08. The summed E-state index contributed by atoms with van der Waals surface area (Å²) in [7, 11) is 1.78. The number of nitrogens with two attached hydrogens (primary N) is 1. The third-order valence-electron chi connectivity index (χ3n) is 3.97. The molecule has 0 spiro atoms. The van der Waals surface area contributed by atoms with Crippen molar-refractivity contribution < 1.29 is 4.79 Å². The molecule has 0 bridgehead atoms. The number of benzene rings is 2. The van der Waals surface area contributed by atoms with Crippen LogP contribution in [0.15, 0.2) is 59.4 Å². The first-order chi connectivity index (χ1) is 11.5. The van der Waals surface area contributed by atoms with E-state index in [0.29, 0.717) is 16.9 Å². The molecule has 0 fully saturated rings. The Balaban J connectivity index is 1.99. The van der Waals surface area contributed by atoms with E-state index in [9.17, 15) is 9.59 Å². The summed E-state index contributed by atoms with van der Waals surface area (Å²) in [6.07, 6.45) is 0. The van der Waals surface area contributed by atoms with E-state index in [-0.39, 0.29) is 17.2 Å². The van der Waals surface area contributed by atoms with Crippen molar-refractivity contribution in [3.63, 3.8) is 0 Å². The summed E-state index contributed by atoms with van der Waals surface area (Å²) in [5.41, 5.74) is 8.05. The minimum absolute atomic E-state index is 0.267. The lowest BCUT2D eigenvalue weighted by Gasteiger charge is -2.07. The predicted molar refractivity (Wildman–Crippen MR) is 94.6 cm³/mol. The van der Waals surface area contributed by atoms with Gasteiger partial charge in [-0.25, -0.2) is 4.68 Å². The maximum Gasteiger partial charge on any atom is 0.295 e. The highest BCUT2D eigenvalue weighted by atomic mass is 16.2. The number of hydrogen-bond acceptors (Lipinski definition) is 3. The Bertz CT molecular complexity index is 938. The van der Waals surface area contributed by atoms with Crippen LogP contribution in [-0.2, 0) is 7.05 Å². The smallest absolute Gasteiger partial charge is 0.295 e. The second-order valence-electron chi connectivity index (χ2n) is 5.51. The second-order valence-corrected chi connectivity index (χ2v) is 5.51. The summed E-state index contributed by atoms with van der Waals surface area (Å²) in [5.74, 6) is -0.346. The zero-order chi connectivity index (χ0) is 17.3. The van der Waals surface area contributed by atoms with Crippen molar-refractivity contribution in [3.05, 3.63) is 76.2 Å². The van der Waals surface area contributed by atoms with Crippen LogP contribution >= 0.6 is 0 Å². The zero-order valence-electron chi connectivity index (χ0n) is 13.5. The van der Waals surface area contributed by atoms with Crippen LogP contribution in [0.1, 0.15) is 16.1 Å². The van der Waals surface area contributed by atoms with Crippen molar-refractivity contribution in [2.24, 2.45) is 7.05 Å². The van der Waals surface area contributed by atoms with Gasteiger partial charge in [-0.05, 0) is 43.3 Å². The van der Waals surface area contributed by atoms with Gasteiger partial charge in [0.1, 0.15) is 5.69 Å². The Morgan fingerprint density at radius 3 is 2.29 bits per heavy atom. The number of anilines is 2. The van der Waals surface area contributed by atoms with Gasteiger partial charge in [0.05, 0.1) is 11.4 Å². The summed E-state index contributed by atoms with van der Waals surface area (Å²) in [6, 6.07) is 15.8. The highest BCUT2D eigenvalue weighted by Gasteiger charge is 2.18. The number of rotatable bonds is 3. The number of aromatic nitrogens is 2. The lowest BCUT2D eigenvalue weighted by Crippen LogP contribution is -2.22. The van der Waals surface area contributed by atoms with Gasteiger partial charge in [-0.15, -0.1) is 0 Å². The van der Waals surface area contributed by atoms with Gasteiger partial charge >= 0.3 is 0 Å². The third-order valence-corrected chi connectivity index (χ3v) is 3.97. The Kier molecular flexibility index (Phi) is 3.95. The maximum atomic E-state index is 12.7. The first-order valence-corrected chi connectivity index (χ1v) is 7.50. The van der Waals surface area contributed by atoms with E-state index in [1.165, 1.54) is 4.68 Å². The maximum absolute atomic E-state index is 12.7. The molecule has 24 heavy (non-hydrogen) atoms. The number of para-hydroxylation sites is 1. The molecule has 0 saturated heterocycles. The monoisotopic (exact) mass is 322 g/mol. The molecular formula is C18H18N4O2. The van der Waals surface area contributed by atoms with Crippen LogP contribution in [0.4, 0.5) is 11.4 Å². The van der Waals surface area contributed by atoms with Crippen molar-refractivity contribution in [2.75, 3.05) is 11.1 Å².